The Morgan fingerprint density at radius 3 is 2.62 bits per heavy atom. The van der Waals surface area contributed by atoms with Gasteiger partial charge in [0.05, 0.1) is 0 Å². The molecule has 0 radical (unpaired) electrons. The average Bonchev–Trinajstić information content (AvgIpc) is 2.45. The maximum atomic E-state index is 12.5. The van der Waals surface area contributed by atoms with Crippen LogP contribution in [0.2, 0.25) is 0 Å². The molecule has 0 unspecified atom stereocenters. The molecule has 1 N–H and O–H groups in total. The zero-order valence-electron chi connectivity index (χ0n) is 11.4. The molecular weight excluding hydrogens is 360 g/mol. The van der Waals surface area contributed by atoms with Crippen molar-refractivity contribution >= 4 is 31.9 Å². The summed E-state index contributed by atoms with van der Waals surface area (Å²) < 4.78 is 27.0. The van der Waals surface area contributed by atoms with E-state index in [0.717, 1.165) is 0 Å². The number of hydrogen-bond acceptors (Lipinski definition) is 4. The van der Waals surface area contributed by atoms with Crippen LogP contribution < -0.4 is 0 Å². The molecule has 21 heavy (non-hydrogen) atoms. The normalized spacial score (nSPS) is 17.8. The second-order valence-electron chi connectivity index (χ2n) is 5.12. The summed E-state index contributed by atoms with van der Waals surface area (Å²) in [6.07, 6.45) is 5.05. The number of rotatable bonds is 5. The molecule has 0 saturated carbocycles. The lowest BCUT2D eigenvalue weighted by molar-refractivity contribution is -0.137. The summed E-state index contributed by atoms with van der Waals surface area (Å²) in [5.41, 5.74) is 0. The molecule has 1 aromatic heterocycles. The van der Waals surface area contributed by atoms with E-state index < -0.39 is 16.0 Å². The summed E-state index contributed by atoms with van der Waals surface area (Å²) >= 11 is 3.22. The van der Waals surface area contributed by atoms with Crippen molar-refractivity contribution in [3.8, 4) is 0 Å². The SMILES string of the molecule is O=C(O)CCC1CCN(S(=O)(=O)c2cncc(Br)c2)CC1. The predicted octanol–water partition coefficient (Wildman–Crippen LogP) is 2.11. The summed E-state index contributed by atoms with van der Waals surface area (Å²) in [6, 6.07) is 1.54. The number of aliphatic carboxylic acids is 1. The van der Waals surface area contributed by atoms with Crippen LogP contribution >= 0.6 is 15.9 Å². The standard InChI is InChI=1S/C13H17BrN2O4S/c14-11-7-12(9-15-8-11)21(19,20)16-5-3-10(4-6-16)1-2-13(17)18/h7-10H,1-6H2,(H,17,18). The maximum Gasteiger partial charge on any atom is 0.303 e. The Labute approximate surface area is 132 Å². The number of halogens is 1. The van der Waals surface area contributed by atoms with Gasteiger partial charge in [-0.3, -0.25) is 9.78 Å². The largest absolute Gasteiger partial charge is 0.481 e. The highest BCUT2D eigenvalue weighted by Crippen LogP contribution is 2.27. The third-order valence-electron chi connectivity index (χ3n) is 3.66. The van der Waals surface area contributed by atoms with Crippen molar-refractivity contribution < 1.29 is 18.3 Å². The Kier molecular flexibility index (Phi) is 5.34. The molecule has 1 aliphatic rings. The second-order valence-corrected chi connectivity index (χ2v) is 7.97. The van der Waals surface area contributed by atoms with Crippen LogP contribution in [0.3, 0.4) is 0 Å². The van der Waals surface area contributed by atoms with Crippen LogP contribution in [0.15, 0.2) is 27.8 Å². The van der Waals surface area contributed by atoms with Crippen LogP contribution in [-0.2, 0) is 14.8 Å². The Bertz CT molecular complexity index is 612. The van der Waals surface area contributed by atoms with Gasteiger partial charge in [0, 0.05) is 36.4 Å². The molecule has 1 saturated heterocycles. The fourth-order valence-electron chi connectivity index (χ4n) is 2.45. The van der Waals surface area contributed by atoms with Gasteiger partial charge in [-0.1, -0.05) is 0 Å². The monoisotopic (exact) mass is 376 g/mol. The van der Waals surface area contributed by atoms with Gasteiger partial charge in [0.25, 0.3) is 0 Å². The van der Waals surface area contributed by atoms with E-state index in [1.807, 2.05) is 0 Å². The van der Waals surface area contributed by atoms with E-state index in [4.69, 9.17) is 5.11 Å². The van der Waals surface area contributed by atoms with Crippen molar-refractivity contribution in [1.82, 2.24) is 9.29 Å². The number of piperidine rings is 1. The van der Waals surface area contributed by atoms with Gasteiger partial charge in [-0.15, -0.1) is 0 Å². The summed E-state index contributed by atoms with van der Waals surface area (Å²) in [7, 11) is -3.51. The number of carboxylic acid groups (broad SMARTS) is 1. The van der Waals surface area contributed by atoms with Crippen molar-refractivity contribution in [2.45, 2.75) is 30.6 Å². The highest BCUT2D eigenvalue weighted by Gasteiger charge is 2.29. The van der Waals surface area contributed by atoms with E-state index in [-0.39, 0.29) is 17.2 Å². The third kappa shape index (κ3) is 4.24. The number of sulfonamides is 1. The summed E-state index contributed by atoms with van der Waals surface area (Å²) in [5, 5.41) is 8.68. The van der Waals surface area contributed by atoms with Crippen molar-refractivity contribution in [3.05, 3.63) is 22.9 Å². The molecule has 1 aliphatic heterocycles. The number of aromatic nitrogens is 1. The van der Waals surface area contributed by atoms with E-state index in [1.54, 1.807) is 6.07 Å². The molecule has 0 aliphatic carbocycles. The minimum absolute atomic E-state index is 0.146. The van der Waals surface area contributed by atoms with Crippen LogP contribution in [0.4, 0.5) is 0 Å². The highest BCUT2D eigenvalue weighted by atomic mass is 79.9. The van der Waals surface area contributed by atoms with Gasteiger partial charge in [0.15, 0.2) is 0 Å². The lowest BCUT2D eigenvalue weighted by Crippen LogP contribution is -2.38. The van der Waals surface area contributed by atoms with Gasteiger partial charge in [0.1, 0.15) is 4.90 Å². The molecular formula is C13H17BrN2O4S. The summed E-state index contributed by atoms with van der Waals surface area (Å²) in [4.78, 5) is 14.6. The lowest BCUT2D eigenvalue weighted by atomic mass is 9.93. The van der Waals surface area contributed by atoms with Crippen molar-refractivity contribution in [3.63, 3.8) is 0 Å². The van der Waals surface area contributed by atoms with Gasteiger partial charge in [-0.05, 0) is 47.2 Å². The first-order chi connectivity index (χ1) is 9.89. The van der Waals surface area contributed by atoms with Crippen LogP contribution in [0.1, 0.15) is 25.7 Å². The Morgan fingerprint density at radius 1 is 1.38 bits per heavy atom. The van der Waals surface area contributed by atoms with Crippen LogP contribution in [0.5, 0.6) is 0 Å². The topological polar surface area (TPSA) is 87.6 Å². The average molecular weight is 377 g/mol. The minimum atomic E-state index is -3.51. The molecule has 2 rings (SSSR count). The maximum absolute atomic E-state index is 12.5. The first kappa shape index (κ1) is 16.4. The van der Waals surface area contributed by atoms with Gasteiger partial charge in [-0.25, -0.2) is 8.42 Å². The number of carboxylic acids is 1. The predicted molar refractivity (Wildman–Crippen MR) is 80.3 cm³/mol. The molecule has 6 nitrogen and oxygen atoms in total. The molecule has 0 atom stereocenters. The summed E-state index contributed by atoms with van der Waals surface area (Å²) in [6.45, 7) is 0.859. The number of carbonyl (C=O) groups is 1. The fraction of sp³-hybridized carbons (Fsp3) is 0.538. The molecule has 0 aromatic carbocycles. The van der Waals surface area contributed by atoms with Crippen LogP contribution in [-0.4, -0.2) is 41.9 Å². The quantitative estimate of drug-likeness (QED) is 0.849. The highest BCUT2D eigenvalue weighted by molar-refractivity contribution is 9.10. The Hall–Kier alpha value is -0.990. The molecule has 0 bridgehead atoms. The first-order valence-corrected chi connectivity index (χ1v) is 8.95. The van der Waals surface area contributed by atoms with Crippen molar-refractivity contribution in [2.24, 2.45) is 5.92 Å². The van der Waals surface area contributed by atoms with E-state index in [9.17, 15) is 13.2 Å². The van der Waals surface area contributed by atoms with Gasteiger partial charge < -0.3 is 5.11 Å². The number of hydrogen-bond donors (Lipinski definition) is 1. The van der Waals surface area contributed by atoms with Gasteiger partial charge >= 0.3 is 5.97 Å². The number of pyridine rings is 1. The first-order valence-electron chi connectivity index (χ1n) is 6.72. The van der Waals surface area contributed by atoms with Crippen LogP contribution in [0, 0.1) is 5.92 Å². The molecule has 0 amide bonds. The molecule has 1 fully saturated rings. The second kappa shape index (κ2) is 6.85. The zero-order valence-corrected chi connectivity index (χ0v) is 13.8. The minimum Gasteiger partial charge on any atom is -0.481 e. The van der Waals surface area contributed by atoms with Crippen molar-refractivity contribution in [2.75, 3.05) is 13.1 Å². The van der Waals surface area contributed by atoms with E-state index in [0.29, 0.717) is 36.8 Å². The lowest BCUT2D eigenvalue weighted by Gasteiger charge is -2.30. The summed E-state index contributed by atoms with van der Waals surface area (Å²) in [5.74, 6) is -0.515. The van der Waals surface area contributed by atoms with E-state index >= 15 is 0 Å². The molecule has 8 heteroatoms. The third-order valence-corrected chi connectivity index (χ3v) is 5.96. The van der Waals surface area contributed by atoms with E-state index in [1.165, 1.54) is 16.7 Å². The molecule has 2 heterocycles. The Morgan fingerprint density at radius 2 is 2.05 bits per heavy atom. The van der Waals surface area contributed by atoms with Crippen molar-refractivity contribution in [1.29, 1.82) is 0 Å². The van der Waals surface area contributed by atoms with Gasteiger partial charge in [0.2, 0.25) is 10.0 Å². The smallest absolute Gasteiger partial charge is 0.303 e. The zero-order chi connectivity index (χ0) is 15.5. The Balaban J connectivity index is 1.99. The number of nitrogens with zero attached hydrogens (tertiary/aromatic N) is 2. The van der Waals surface area contributed by atoms with Gasteiger partial charge in [-0.2, -0.15) is 4.31 Å². The molecule has 0 spiro atoms. The van der Waals surface area contributed by atoms with Crippen LogP contribution in [0.25, 0.3) is 0 Å². The fourth-order valence-corrected chi connectivity index (χ4v) is 4.42. The molecule has 116 valence electrons. The molecule has 1 aromatic rings. The van der Waals surface area contributed by atoms with E-state index in [2.05, 4.69) is 20.9 Å².